The van der Waals surface area contributed by atoms with Gasteiger partial charge in [-0.2, -0.15) is 0 Å². The summed E-state index contributed by atoms with van der Waals surface area (Å²) in [5.74, 6) is 0.0211. The average molecular weight is 408 g/mol. The molecule has 1 aliphatic rings. The van der Waals surface area contributed by atoms with Gasteiger partial charge in [-0.3, -0.25) is 9.59 Å². The van der Waals surface area contributed by atoms with Crippen molar-refractivity contribution < 1.29 is 19.4 Å². The molecule has 0 heterocycles. The first kappa shape index (κ1) is 21.6. The van der Waals surface area contributed by atoms with Gasteiger partial charge in [0.15, 0.2) is 0 Å². The monoisotopic (exact) mass is 408 g/mol. The van der Waals surface area contributed by atoms with Crippen LogP contribution in [0.3, 0.4) is 0 Å². The minimum Gasteiger partial charge on any atom is -0.480 e. The van der Waals surface area contributed by atoms with Crippen LogP contribution in [0.2, 0.25) is 0 Å². The summed E-state index contributed by atoms with van der Waals surface area (Å²) in [6.45, 7) is 0.557. The largest absolute Gasteiger partial charge is 0.480 e. The molecule has 6 heteroatoms. The number of ether oxygens (including phenoxy) is 1. The minimum absolute atomic E-state index is 0.128. The summed E-state index contributed by atoms with van der Waals surface area (Å²) in [5, 5.41) is 15.2. The Bertz CT molecular complexity index is 863. The highest BCUT2D eigenvalue weighted by molar-refractivity contribution is 5.94. The predicted octanol–water partition coefficient (Wildman–Crippen LogP) is 4.74. The topological polar surface area (TPSA) is 87.7 Å². The molecule has 0 saturated carbocycles. The number of anilines is 1. The van der Waals surface area contributed by atoms with Crippen LogP contribution < -0.4 is 15.4 Å². The molecule has 0 unspecified atom stereocenters. The summed E-state index contributed by atoms with van der Waals surface area (Å²) in [6.07, 6.45) is 7.57. The zero-order valence-corrected chi connectivity index (χ0v) is 17.0. The summed E-state index contributed by atoms with van der Waals surface area (Å²) >= 11 is 0. The Labute approximate surface area is 177 Å². The molecular formula is C24H28N2O4. The van der Waals surface area contributed by atoms with Gasteiger partial charge in [0.05, 0.1) is 6.42 Å². The van der Waals surface area contributed by atoms with Gasteiger partial charge in [-0.15, -0.1) is 0 Å². The molecule has 0 fully saturated rings. The van der Waals surface area contributed by atoms with E-state index in [0.29, 0.717) is 18.0 Å². The number of nitrogens with one attached hydrogen (secondary N) is 2. The first-order valence-corrected chi connectivity index (χ1v) is 10.4. The van der Waals surface area contributed by atoms with Gasteiger partial charge >= 0.3 is 5.97 Å². The normalized spacial score (nSPS) is 14.5. The van der Waals surface area contributed by atoms with Gasteiger partial charge in [-0.25, -0.2) is 0 Å². The number of carboxylic acid groups (broad SMARTS) is 1. The van der Waals surface area contributed by atoms with Gasteiger partial charge in [0.1, 0.15) is 17.5 Å². The lowest BCUT2D eigenvalue weighted by Gasteiger charge is -2.17. The summed E-state index contributed by atoms with van der Waals surface area (Å²) in [6, 6.07) is 15.5. The molecule has 3 rings (SSSR count). The smallest absolute Gasteiger partial charge is 0.321 e. The third-order valence-electron chi connectivity index (χ3n) is 5.03. The number of hydrogen-bond donors (Lipinski definition) is 3. The van der Waals surface area contributed by atoms with Crippen molar-refractivity contribution in [3.8, 4) is 11.5 Å². The minimum atomic E-state index is -1.02. The quantitative estimate of drug-likeness (QED) is 0.494. The summed E-state index contributed by atoms with van der Waals surface area (Å²) in [4.78, 5) is 23.8. The number of allylic oxidation sites excluding steroid dienone is 1. The highest BCUT2D eigenvalue weighted by Crippen LogP contribution is 2.23. The molecule has 0 aromatic heterocycles. The van der Waals surface area contributed by atoms with Crippen LogP contribution in [0.25, 0.3) is 0 Å². The lowest BCUT2D eigenvalue weighted by molar-refractivity contribution is -0.141. The predicted molar refractivity (Wildman–Crippen MR) is 117 cm³/mol. The van der Waals surface area contributed by atoms with Crippen LogP contribution in [0.1, 0.15) is 38.5 Å². The molecule has 0 spiro atoms. The summed E-state index contributed by atoms with van der Waals surface area (Å²) < 4.78 is 5.72. The lowest BCUT2D eigenvalue weighted by atomic mass is 9.97. The number of aliphatic carboxylic acids is 1. The van der Waals surface area contributed by atoms with Gasteiger partial charge in [-0.1, -0.05) is 29.8 Å². The van der Waals surface area contributed by atoms with Crippen LogP contribution in [0.15, 0.2) is 66.2 Å². The van der Waals surface area contributed by atoms with Gasteiger partial charge in [0.2, 0.25) is 5.91 Å². The standard InChI is InChI=1S/C24H28N2O4/c27-23(17-22(24(28)29)25-16-15-18-7-3-1-4-8-18)26-19-11-13-21(14-12-19)30-20-9-5-2-6-10-20/h2,5-7,9-14,22,25H,1,3-4,8,15-17H2,(H,26,27)(H,28,29)/t22-/m1/s1. The molecule has 1 atom stereocenters. The number of hydrogen-bond acceptors (Lipinski definition) is 4. The van der Waals surface area contributed by atoms with Gasteiger partial charge in [0.25, 0.3) is 0 Å². The van der Waals surface area contributed by atoms with E-state index in [2.05, 4.69) is 16.7 Å². The molecule has 1 aliphatic carbocycles. The third-order valence-corrected chi connectivity index (χ3v) is 5.03. The van der Waals surface area contributed by atoms with E-state index in [-0.39, 0.29) is 12.3 Å². The molecule has 1 amide bonds. The average Bonchev–Trinajstić information content (AvgIpc) is 2.76. The van der Waals surface area contributed by atoms with E-state index in [9.17, 15) is 14.7 Å². The molecule has 2 aromatic carbocycles. The van der Waals surface area contributed by atoms with Crippen molar-refractivity contribution in [3.05, 3.63) is 66.2 Å². The van der Waals surface area contributed by atoms with E-state index in [0.717, 1.165) is 25.0 Å². The molecule has 3 N–H and O–H groups in total. The first-order valence-electron chi connectivity index (χ1n) is 10.4. The highest BCUT2D eigenvalue weighted by Gasteiger charge is 2.21. The first-order chi connectivity index (χ1) is 14.6. The third kappa shape index (κ3) is 7.04. The van der Waals surface area contributed by atoms with Gasteiger partial charge in [0, 0.05) is 5.69 Å². The maximum absolute atomic E-state index is 12.3. The molecule has 2 aromatic rings. The van der Waals surface area contributed by atoms with Crippen LogP contribution in [-0.4, -0.2) is 29.6 Å². The van der Waals surface area contributed by atoms with Crippen LogP contribution in [-0.2, 0) is 9.59 Å². The number of carboxylic acids is 1. The SMILES string of the molecule is O=C(C[C@@H](NCCC1=CCCCC1)C(=O)O)Nc1ccc(Oc2ccccc2)cc1. The van der Waals surface area contributed by atoms with Gasteiger partial charge < -0.3 is 20.5 Å². The van der Waals surface area contributed by atoms with Gasteiger partial charge in [-0.05, 0) is 75.0 Å². The Morgan fingerprint density at radius 3 is 2.40 bits per heavy atom. The fraction of sp³-hybridized carbons (Fsp3) is 0.333. The number of para-hydroxylation sites is 1. The number of carbonyl (C=O) groups excluding carboxylic acids is 1. The summed E-state index contributed by atoms with van der Waals surface area (Å²) in [7, 11) is 0. The van der Waals surface area contributed by atoms with Crippen LogP contribution in [0.4, 0.5) is 5.69 Å². The van der Waals surface area contributed by atoms with Crippen molar-refractivity contribution in [1.29, 1.82) is 0 Å². The second-order valence-electron chi connectivity index (χ2n) is 7.39. The van der Waals surface area contributed by atoms with Crippen molar-refractivity contribution >= 4 is 17.6 Å². The molecule has 0 bridgehead atoms. The van der Waals surface area contributed by atoms with E-state index >= 15 is 0 Å². The Morgan fingerprint density at radius 2 is 1.73 bits per heavy atom. The number of carbonyl (C=O) groups is 2. The molecule has 0 aliphatic heterocycles. The molecule has 6 nitrogen and oxygen atoms in total. The van der Waals surface area contributed by atoms with E-state index in [1.165, 1.54) is 18.4 Å². The molecule has 158 valence electrons. The second kappa shape index (κ2) is 11.2. The number of rotatable bonds is 10. The fourth-order valence-corrected chi connectivity index (χ4v) is 3.41. The van der Waals surface area contributed by atoms with Crippen molar-refractivity contribution in [2.24, 2.45) is 0 Å². The Balaban J connectivity index is 1.46. The number of amides is 1. The fourth-order valence-electron chi connectivity index (χ4n) is 3.41. The van der Waals surface area contributed by atoms with Crippen LogP contribution >= 0.6 is 0 Å². The van der Waals surface area contributed by atoms with Crippen molar-refractivity contribution in [1.82, 2.24) is 5.32 Å². The van der Waals surface area contributed by atoms with Crippen LogP contribution in [0.5, 0.6) is 11.5 Å². The van der Waals surface area contributed by atoms with E-state index < -0.39 is 12.0 Å². The molecule has 30 heavy (non-hydrogen) atoms. The van der Waals surface area contributed by atoms with Crippen molar-refractivity contribution in [2.45, 2.75) is 44.6 Å². The highest BCUT2D eigenvalue weighted by atomic mass is 16.5. The second-order valence-corrected chi connectivity index (χ2v) is 7.39. The number of benzene rings is 2. The Hall–Kier alpha value is -3.12. The molecule has 0 saturated heterocycles. The zero-order valence-electron chi connectivity index (χ0n) is 17.0. The molecule has 0 radical (unpaired) electrons. The Kier molecular flexibility index (Phi) is 8.03. The van der Waals surface area contributed by atoms with E-state index in [1.54, 1.807) is 24.3 Å². The van der Waals surface area contributed by atoms with E-state index in [4.69, 9.17) is 4.74 Å². The van der Waals surface area contributed by atoms with E-state index in [1.807, 2.05) is 30.3 Å². The molecular weight excluding hydrogens is 380 g/mol. The summed E-state index contributed by atoms with van der Waals surface area (Å²) in [5.41, 5.74) is 1.97. The zero-order chi connectivity index (χ0) is 21.2. The Morgan fingerprint density at radius 1 is 1.00 bits per heavy atom. The maximum atomic E-state index is 12.3. The van der Waals surface area contributed by atoms with Crippen molar-refractivity contribution in [3.63, 3.8) is 0 Å². The van der Waals surface area contributed by atoms with Crippen molar-refractivity contribution in [2.75, 3.05) is 11.9 Å². The van der Waals surface area contributed by atoms with Crippen LogP contribution in [0, 0.1) is 0 Å². The maximum Gasteiger partial charge on any atom is 0.321 e. The lowest BCUT2D eigenvalue weighted by Crippen LogP contribution is -2.40.